The lowest BCUT2D eigenvalue weighted by Crippen LogP contribution is -2.11. The Morgan fingerprint density at radius 2 is 1.00 bits per heavy atom. The van der Waals surface area contributed by atoms with Gasteiger partial charge in [-0.2, -0.15) is 0 Å². The normalized spacial score (nSPS) is 12.0. The van der Waals surface area contributed by atoms with E-state index in [1.54, 1.807) is 0 Å². The third kappa shape index (κ3) is 4.13. The molecule has 0 saturated heterocycles. The topological polar surface area (TPSA) is 8.17 Å². The second-order valence-corrected chi connectivity index (χ2v) is 15.1. The number of thiophene rings is 2. The van der Waals surface area contributed by atoms with Crippen molar-refractivity contribution in [3.05, 3.63) is 170 Å². The number of aromatic nitrogens is 1. The molecular weight excluding hydrogens is 645 g/mol. The fourth-order valence-electron chi connectivity index (χ4n) is 7.90. The van der Waals surface area contributed by atoms with Gasteiger partial charge in [0.05, 0.1) is 16.7 Å². The highest BCUT2D eigenvalue weighted by atomic mass is 32.1. The molecule has 0 fully saturated rings. The number of benzene rings is 8. The zero-order valence-electron chi connectivity index (χ0n) is 26.9. The molecule has 11 aromatic rings. The van der Waals surface area contributed by atoms with Crippen molar-refractivity contribution in [1.29, 1.82) is 0 Å². The van der Waals surface area contributed by atoms with Crippen LogP contribution < -0.4 is 4.90 Å². The summed E-state index contributed by atoms with van der Waals surface area (Å²) in [6.07, 6.45) is 0. The van der Waals surface area contributed by atoms with Crippen LogP contribution >= 0.6 is 22.7 Å². The summed E-state index contributed by atoms with van der Waals surface area (Å²) in [6.45, 7) is 0. The molecule has 50 heavy (non-hydrogen) atoms. The van der Waals surface area contributed by atoms with Crippen LogP contribution in [0.25, 0.3) is 78.6 Å². The maximum absolute atomic E-state index is 2.47. The van der Waals surface area contributed by atoms with Gasteiger partial charge >= 0.3 is 0 Å². The van der Waals surface area contributed by atoms with Crippen molar-refractivity contribution in [2.45, 2.75) is 0 Å². The van der Waals surface area contributed by atoms with Gasteiger partial charge in [0, 0.05) is 68.2 Å². The lowest BCUT2D eigenvalue weighted by atomic mass is 10.0. The highest BCUT2D eigenvalue weighted by molar-refractivity contribution is 7.26. The van der Waals surface area contributed by atoms with Gasteiger partial charge in [-0.3, -0.25) is 0 Å². The van der Waals surface area contributed by atoms with Gasteiger partial charge in [-0.25, -0.2) is 0 Å². The maximum atomic E-state index is 2.47. The average Bonchev–Trinajstić information content (AvgIpc) is 3.84. The second-order valence-electron chi connectivity index (χ2n) is 13.0. The minimum absolute atomic E-state index is 1.13. The molecule has 0 unspecified atom stereocenters. The van der Waals surface area contributed by atoms with E-state index in [9.17, 15) is 0 Å². The van der Waals surface area contributed by atoms with Gasteiger partial charge < -0.3 is 9.47 Å². The largest absolute Gasteiger partial charge is 0.308 e. The molecule has 0 aliphatic rings. The third-order valence-electron chi connectivity index (χ3n) is 10.1. The van der Waals surface area contributed by atoms with E-state index >= 15 is 0 Å². The number of nitrogens with zero attached hydrogens (tertiary/aromatic N) is 2. The van der Waals surface area contributed by atoms with E-state index in [-0.39, 0.29) is 0 Å². The van der Waals surface area contributed by atoms with Gasteiger partial charge in [0.25, 0.3) is 0 Å². The molecule has 3 heterocycles. The van der Waals surface area contributed by atoms with E-state index in [1.165, 1.54) is 72.9 Å². The summed E-state index contributed by atoms with van der Waals surface area (Å²) in [5.41, 5.74) is 6.95. The van der Waals surface area contributed by atoms with E-state index < -0.39 is 0 Å². The molecule has 234 valence electrons. The molecule has 0 amide bonds. The van der Waals surface area contributed by atoms with Crippen LogP contribution in [0.3, 0.4) is 0 Å². The molecule has 3 aromatic heterocycles. The van der Waals surface area contributed by atoms with Crippen molar-refractivity contribution in [3.8, 4) is 5.69 Å². The monoisotopic (exact) mass is 672 g/mol. The molecule has 0 radical (unpaired) electrons. The summed E-state index contributed by atoms with van der Waals surface area (Å²) in [5, 5.41) is 10.2. The lowest BCUT2D eigenvalue weighted by molar-refractivity contribution is 1.17. The Labute approximate surface area is 296 Å². The standard InChI is InChI=1S/C46H28N2S2/c1-2-11-31(12-3-1)48-40-17-7-4-13-34(40)37-16-10-18-41(46(37)48)47(33-23-24-44-39(28-33)36-15-6-8-19-42(36)49-44)32-22-21-29-27-45-38(26-30(29)25-32)35-14-5-9-20-43(35)50-45/h1-28H. The first-order valence-electron chi connectivity index (χ1n) is 16.9. The highest BCUT2D eigenvalue weighted by Crippen LogP contribution is 2.46. The van der Waals surface area contributed by atoms with Crippen LogP contribution in [0.4, 0.5) is 17.1 Å². The molecule has 0 aliphatic carbocycles. The molecular formula is C46H28N2S2. The Morgan fingerprint density at radius 3 is 1.82 bits per heavy atom. The zero-order valence-corrected chi connectivity index (χ0v) is 28.5. The SMILES string of the molecule is c1ccc(-n2c3ccccc3c3cccc(N(c4ccc5cc6sc7ccccc7c6cc5c4)c4ccc5sc6ccccc6c5c4)c32)cc1. The molecule has 0 aliphatic heterocycles. The first-order valence-corrected chi connectivity index (χ1v) is 18.6. The number of rotatable bonds is 4. The molecule has 2 nitrogen and oxygen atoms in total. The third-order valence-corrected chi connectivity index (χ3v) is 12.4. The average molecular weight is 673 g/mol. The molecule has 8 aromatic carbocycles. The highest BCUT2D eigenvalue weighted by Gasteiger charge is 2.22. The van der Waals surface area contributed by atoms with Crippen molar-refractivity contribution in [3.63, 3.8) is 0 Å². The van der Waals surface area contributed by atoms with Crippen molar-refractivity contribution in [2.24, 2.45) is 0 Å². The van der Waals surface area contributed by atoms with Crippen LogP contribution in [-0.2, 0) is 0 Å². The summed E-state index contributed by atoms with van der Waals surface area (Å²) in [6, 6.07) is 62.6. The molecule has 0 spiro atoms. The minimum atomic E-state index is 1.13. The Morgan fingerprint density at radius 1 is 0.380 bits per heavy atom. The van der Waals surface area contributed by atoms with Crippen molar-refractivity contribution >= 4 is 113 Å². The van der Waals surface area contributed by atoms with Crippen LogP contribution in [-0.4, -0.2) is 4.57 Å². The van der Waals surface area contributed by atoms with Crippen LogP contribution in [0, 0.1) is 0 Å². The molecule has 4 heteroatoms. The predicted molar refractivity (Wildman–Crippen MR) is 219 cm³/mol. The molecule has 0 saturated carbocycles. The van der Waals surface area contributed by atoms with Crippen LogP contribution in [0.2, 0.25) is 0 Å². The number of para-hydroxylation sites is 3. The summed E-state index contributed by atoms with van der Waals surface area (Å²) in [5.74, 6) is 0. The first kappa shape index (κ1) is 28.0. The molecule has 11 rings (SSSR count). The van der Waals surface area contributed by atoms with Gasteiger partial charge in [-0.15, -0.1) is 22.7 Å². The van der Waals surface area contributed by atoms with E-state index in [1.807, 2.05) is 22.7 Å². The molecule has 0 atom stereocenters. The van der Waals surface area contributed by atoms with Crippen LogP contribution in [0.15, 0.2) is 170 Å². The van der Waals surface area contributed by atoms with Gasteiger partial charge in [0.15, 0.2) is 0 Å². The number of fused-ring (bicyclic) bond motifs is 10. The van der Waals surface area contributed by atoms with Gasteiger partial charge in [-0.05, 0) is 89.6 Å². The fraction of sp³-hybridized carbons (Fsp3) is 0. The fourth-order valence-corrected chi connectivity index (χ4v) is 10.1. The van der Waals surface area contributed by atoms with Crippen molar-refractivity contribution in [2.75, 3.05) is 4.90 Å². The zero-order chi connectivity index (χ0) is 32.8. The second kappa shape index (κ2) is 10.8. The minimum Gasteiger partial charge on any atom is -0.308 e. The van der Waals surface area contributed by atoms with Gasteiger partial charge in [0.2, 0.25) is 0 Å². The summed E-state index contributed by atoms with van der Waals surface area (Å²) in [4.78, 5) is 2.47. The molecule has 0 bridgehead atoms. The van der Waals surface area contributed by atoms with E-state index in [4.69, 9.17) is 0 Å². The summed E-state index contributed by atoms with van der Waals surface area (Å²) in [7, 11) is 0. The summed E-state index contributed by atoms with van der Waals surface area (Å²) < 4.78 is 7.71. The van der Waals surface area contributed by atoms with E-state index in [0.717, 1.165) is 22.7 Å². The first-order chi connectivity index (χ1) is 24.8. The Hall–Kier alpha value is -5.94. The van der Waals surface area contributed by atoms with Crippen LogP contribution in [0.1, 0.15) is 0 Å². The lowest BCUT2D eigenvalue weighted by Gasteiger charge is -2.27. The molecule has 0 N–H and O–H groups in total. The quantitative estimate of drug-likeness (QED) is 0.181. The van der Waals surface area contributed by atoms with E-state index in [0.29, 0.717) is 0 Å². The van der Waals surface area contributed by atoms with E-state index in [2.05, 4.69) is 179 Å². The van der Waals surface area contributed by atoms with Gasteiger partial charge in [0.1, 0.15) is 0 Å². The number of anilines is 3. The maximum Gasteiger partial charge on any atom is 0.0782 e. The number of hydrogen-bond acceptors (Lipinski definition) is 3. The van der Waals surface area contributed by atoms with Crippen molar-refractivity contribution < 1.29 is 0 Å². The Bertz CT molecular complexity index is 3110. The van der Waals surface area contributed by atoms with Gasteiger partial charge in [-0.1, -0.05) is 91.0 Å². The predicted octanol–water partition coefficient (Wildman–Crippen LogP) is 14.1. The summed E-state index contributed by atoms with van der Waals surface area (Å²) >= 11 is 3.74. The van der Waals surface area contributed by atoms with Crippen molar-refractivity contribution in [1.82, 2.24) is 4.57 Å². The Kier molecular flexibility index (Phi) is 6.03. The number of hydrogen-bond donors (Lipinski definition) is 0. The Balaban J connectivity index is 1.23. The smallest absolute Gasteiger partial charge is 0.0782 e. The van der Waals surface area contributed by atoms with Crippen LogP contribution in [0.5, 0.6) is 0 Å².